The lowest BCUT2D eigenvalue weighted by Crippen LogP contribution is -2.38. The number of hydrazone groups is 1. The monoisotopic (exact) mass is 498 g/mol. The smallest absolute Gasteiger partial charge is 0.329 e. The van der Waals surface area contributed by atoms with Gasteiger partial charge in [0, 0.05) is 18.8 Å². The molecule has 36 heavy (non-hydrogen) atoms. The maximum Gasteiger partial charge on any atom is 0.329 e. The van der Waals surface area contributed by atoms with Gasteiger partial charge in [0.15, 0.2) is 18.1 Å². The molecule has 0 aliphatic rings. The summed E-state index contributed by atoms with van der Waals surface area (Å²) in [6, 6.07) is 12.4. The summed E-state index contributed by atoms with van der Waals surface area (Å²) in [6.07, 6.45) is 2.09. The van der Waals surface area contributed by atoms with Crippen molar-refractivity contribution in [3.63, 3.8) is 0 Å². The first-order valence-electron chi connectivity index (χ1n) is 11.8. The van der Waals surface area contributed by atoms with Crippen molar-refractivity contribution in [1.82, 2.24) is 10.7 Å². The Balaban J connectivity index is 1.85. The van der Waals surface area contributed by atoms with Gasteiger partial charge in [-0.25, -0.2) is 5.43 Å². The van der Waals surface area contributed by atoms with Crippen LogP contribution < -0.4 is 25.5 Å². The normalized spacial score (nSPS) is 10.8. The standard InChI is InChI=1S/C26H34N4O6/c1-5-34-23-15-20(16-28-30-26(33)25(32)27-12-7-13-35-18(2)3)10-11-22(23)36-17-24(31)29-21-9-6-8-19(4)14-21/h6,8-11,14-16,18H,5,7,12-13,17H2,1-4H3,(H,27,32)(H,29,31)(H,30,33)/b28-16-. The van der Waals surface area contributed by atoms with E-state index in [0.717, 1.165) is 5.56 Å². The molecule has 0 aliphatic carbocycles. The van der Waals surface area contributed by atoms with Crippen molar-refractivity contribution in [2.75, 3.05) is 31.7 Å². The Hall–Kier alpha value is -3.92. The zero-order chi connectivity index (χ0) is 26.3. The Morgan fingerprint density at radius 3 is 2.56 bits per heavy atom. The summed E-state index contributed by atoms with van der Waals surface area (Å²) in [6.45, 7) is 8.62. The number of carbonyl (C=O) groups excluding carboxylic acids is 3. The topological polar surface area (TPSA) is 127 Å². The Morgan fingerprint density at radius 1 is 1.03 bits per heavy atom. The van der Waals surface area contributed by atoms with Crippen LogP contribution in [0.5, 0.6) is 11.5 Å². The van der Waals surface area contributed by atoms with E-state index in [9.17, 15) is 14.4 Å². The van der Waals surface area contributed by atoms with Crippen molar-refractivity contribution >= 4 is 29.6 Å². The minimum atomic E-state index is -0.874. The number of hydrogen-bond acceptors (Lipinski definition) is 7. The maximum atomic E-state index is 12.2. The summed E-state index contributed by atoms with van der Waals surface area (Å²) in [5.41, 5.74) is 4.51. The second-order valence-corrected chi connectivity index (χ2v) is 8.07. The number of aryl methyl sites for hydroxylation is 1. The third-order valence-corrected chi connectivity index (χ3v) is 4.57. The van der Waals surface area contributed by atoms with Crippen molar-refractivity contribution in [2.45, 2.75) is 40.2 Å². The van der Waals surface area contributed by atoms with Gasteiger partial charge in [0.05, 0.1) is 18.9 Å². The predicted octanol–water partition coefficient (Wildman–Crippen LogP) is 2.79. The highest BCUT2D eigenvalue weighted by Crippen LogP contribution is 2.28. The van der Waals surface area contributed by atoms with E-state index in [4.69, 9.17) is 14.2 Å². The average molecular weight is 499 g/mol. The number of anilines is 1. The van der Waals surface area contributed by atoms with Gasteiger partial charge >= 0.3 is 11.8 Å². The van der Waals surface area contributed by atoms with Gasteiger partial charge in [-0.2, -0.15) is 5.10 Å². The summed E-state index contributed by atoms with van der Waals surface area (Å²) >= 11 is 0. The lowest BCUT2D eigenvalue weighted by Gasteiger charge is -2.13. The molecule has 0 bridgehead atoms. The Labute approximate surface area is 211 Å². The Bertz CT molecular complexity index is 1050. The third-order valence-electron chi connectivity index (χ3n) is 4.57. The van der Waals surface area contributed by atoms with Gasteiger partial charge in [-0.05, 0) is 75.6 Å². The molecule has 2 aromatic carbocycles. The Morgan fingerprint density at radius 2 is 1.83 bits per heavy atom. The minimum Gasteiger partial charge on any atom is -0.490 e. The van der Waals surface area contributed by atoms with Crippen LogP contribution in [0.4, 0.5) is 5.69 Å². The highest BCUT2D eigenvalue weighted by atomic mass is 16.5. The first kappa shape index (κ1) is 28.3. The van der Waals surface area contributed by atoms with Crippen LogP contribution in [-0.4, -0.2) is 56.4 Å². The molecule has 0 saturated heterocycles. The van der Waals surface area contributed by atoms with E-state index in [1.54, 1.807) is 24.3 Å². The van der Waals surface area contributed by atoms with Crippen LogP contribution in [0.3, 0.4) is 0 Å². The van der Waals surface area contributed by atoms with E-state index in [0.29, 0.717) is 48.9 Å². The SMILES string of the molecule is CCOc1cc(/C=N\NC(=O)C(=O)NCCCOC(C)C)ccc1OCC(=O)Nc1cccc(C)c1. The first-order chi connectivity index (χ1) is 17.3. The molecule has 2 aromatic rings. The third kappa shape index (κ3) is 10.6. The molecule has 0 aliphatic heterocycles. The molecule has 0 unspecified atom stereocenters. The molecule has 3 N–H and O–H groups in total. The van der Waals surface area contributed by atoms with Crippen LogP contribution in [0.25, 0.3) is 0 Å². The van der Waals surface area contributed by atoms with Gasteiger partial charge in [-0.15, -0.1) is 0 Å². The largest absolute Gasteiger partial charge is 0.490 e. The van der Waals surface area contributed by atoms with Crippen molar-refractivity contribution in [1.29, 1.82) is 0 Å². The molecule has 10 heteroatoms. The molecule has 0 saturated carbocycles. The molecule has 0 atom stereocenters. The molecular weight excluding hydrogens is 464 g/mol. The lowest BCUT2D eigenvalue weighted by molar-refractivity contribution is -0.139. The zero-order valence-corrected chi connectivity index (χ0v) is 21.1. The van der Waals surface area contributed by atoms with Gasteiger partial charge in [0.2, 0.25) is 0 Å². The summed E-state index contributed by atoms with van der Waals surface area (Å²) in [4.78, 5) is 35.9. The maximum absolute atomic E-state index is 12.2. The van der Waals surface area contributed by atoms with E-state index in [-0.39, 0.29) is 18.6 Å². The summed E-state index contributed by atoms with van der Waals surface area (Å²) in [5, 5.41) is 9.11. The molecule has 0 heterocycles. The number of benzene rings is 2. The molecule has 0 radical (unpaired) electrons. The fourth-order valence-corrected chi connectivity index (χ4v) is 2.95. The van der Waals surface area contributed by atoms with E-state index >= 15 is 0 Å². The van der Waals surface area contributed by atoms with Gasteiger partial charge < -0.3 is 24.8 Å². The molecule has 0 spiro atoms. The van der Waals surface area contributed by atoms with Crippen LogP contribution in [0.1, 0.15) is 38.3 Å². The number of nitrogens with zero attached hydrogens (tertiary/aromatic N) is 1. The number of amides is 3. The molecule has 194 valence electrons. The summed E-state index contributed by atoms with van der Waals surface area (Å²) < 4.78 is 16.6. The van der Waals surface area contributed by atoms with Crippen LogP contribution >= 0.6 is 0 Å². The number of ether oxygens (including phenoxy) is 3. The van der Waals surface area contributed by atoms with Crippen LogP contribution in [-0.2, 0) is 19.1 Å². The van der Waals surface area contributed by atoms with Crippen molar-refractivity contribution in [2.24, 2.45) is 5.10 Å². The molecule has 3 amide bonds. The summed E-state index contributed by atoms with van der Waals surface area (Å²) in [5.74, 6) is -1.15. The number of rotatable bonds is 13. The number of hydrogen-bond donors (Lipinski definition) is 3. The quantitative estimate of drug-likeness (QED) is 0.169. The zero-order valence-electron chi connectivity index (χ0n) is 21.1. The fourth-order valence-electron chi connectivity index (χ4n) is 2.95. The second kappa shape index (κ2) is 15.2. The van der Waals surface area contributed by atoms with E-state index in [2.05, 4.69) is 21.2 Å². The molecular formula is C26H34N4O6. The van der Waals surface area contributed by atoms with Gasteiger partial charge in [-0.1, -0.05) is 12.1 Å². The number of carbonyl (C=O) groups is 3. The van der Waals surface area contributed by atoms with Gasteiger partial charge in [-0.3, -0.25) is 14.4 Å². The lowest BCUT2D eigenvalue weighted by atomic mass is 10.2. The van der Waals surface area contributed by atoms with E-state index in [1.165, 1.54) is 6.21 Å². The highest BCUT2D eigenvalue weighted by molar-refractivity contribution is 6.35. The molecule has 0 aromatic heterocycles. The Kier molecular flexibility index (Phi) is 11.9. The van der Waals surface area contributed by atoms with Crippen molar-refractivity contribution in [3.8, 4) is 11.5 Å². The fraction of sp³-hybridized carbons (Fsp3) is 0.385. The van der Waals surface area contributed by atoms with Crippen molar-refractivity contribution in [3.05, 3.63) is 53.6 Å². The minimum absolute atomic E-state index is 0.116. The van der Waals surface area contributed by atoms with Crippen molar-refractivity contribution < 1.29 is 28.6 Å². The van der Waals surface area contributed by atoms with Crippen LogP contribution in [0.2, 0.25) is 0 Å². The molecule has 0 fully saturated rings. The number of nitrogens with one attached hydrogen (secondary N) is 3. The molecule has 2 rings (SSSR count). The second-order valence-electron chi connectivity index (χ2n) is 8.07. The molecule has 10 nitrogen and oxygen atoms in total. The van der Waals surface area contributed by atoms with Gasteiger partial charge in [0.1, 0.15) is 0 Å². The van der Waals surface area contributed by atoms with Crippen LogP contribution in [0, 0.1) is 6.92 Å². The van der Waals surface area contributed by atoms with E-state index in [1.807, 2.05) is 45.9 Å². The summed E-state index contributed by atoms with van der Waals surface area (Å²) in [7, 11) is 0. The average Bonchev–Trinajstić information content (AvgIpc) is 2.83. The van der Waals surface area contributed by atoms with Crippen LogP contribution in [0.15, 0.2) is 47.6 Å². The van der Waals surface area contributed by atoms with Gasteiger partial charge in [0.25, 0.3) is 5.91 Å². The highest BCUT2D eigenvalue weighted by Gasteiger charge is 2.12. The predicted molar refractivity (Wildman–Crippen MR) is 137 cm³/mol. The van der Waals surface area contributed by atoms with E-state index < -0.39 is 11.8 Å². The first-order valence-corrected chi connectivity index (χ1v) is 11.8.